The van der Waals surface area contributed by atoms with E-state index in [1.54, 1.807) is 18.3 Å². The number of aromatic nitrogens is 3. The van der Waals surface area contributed by atoms with Crippen LogP contribution >= 0.6 is 0 Å². The van der Waals surface area contributed by atoms with Gasteiger partial charge in [-0.3, -0.25) is 9.36 Å². The molecular formula is C13H8N3O. The van der Waals surface area contributed by atoms with Gasteiger partial charge in [0.15, 0.2) is 12.0 Å². The molecular weight excluding hydrogens is 214 g/mol. The van der Waals surface area contributed by atoms with Gasteiger partial charge in [-0.05, 0) is 24.3 Å². The Bertz CT molecular complexity index is 719. The van der Waals surface area contributed by atoms with Crippen molar-refractivity contribution in [2.75, 3.05) is 0 Å². The average Bonchev–Trinajstić information content (AvgIpc) is 2.40. The quantitative estimate of drug-likeness (QED) is 0.628. The lowest BCUT2D eigenvalue weighted by molar-refractivity contribution is 0.943. The summed E-state index contributed by atoms with van der Waals surface area (Å²) in [5, 5.41) is 0.495. The molecule has 0 bridgehead atoms. The summed E-state index contributed by atoms with van der Waals surface area (Å²) in [4.78, 5) is 20.2. The lowest BCUT2D eigenvalue weighted by Gasteiger charge is -2.04. The fourth-order valence-corrected chi connectivity index (χ4v) is 1.67. The first kappa shape index (κ1) is 9.72. The molecule has 0 aliphatic heterocycles. The second-order valence-electron chi connectivity index (χ2n) is 3.56. The number of pyridine rings is 1. The number of benzene rings is 1. The van der Waals surface area contributed by atoms with Crippen molar-refractivity contribution < 1.29 is 0 Å². The van der Waals surface area contributed by atoms with Crippen molar-refractivity contribution in [1.29, 1.82) is 0 Å². The van der Waals surface area contributed by atoms with E-state index in [9.17, 15) is 4.79 Å². The predicted octanol–water partition coefficient (Wildman–Crippen LogP) is 1.58. The zero-order chi connectivity index (χ0) is 11.7. The molecule has 0 N–H and O–H groups in total. The Labute approximate surface area is 97.2 Å². The Morgan fingerprint density at radius 3 is 2.71 bits per heavy atom. The summed E-state index contributed by atoms with van der Waals surface area (Å²) in [6.45, 7) is 0. The van der Waals surface area contributed by atoms with E-state index in [1.165, 1.54) is 4.57 Å². The van der Waals surface area contributed by atoms with Crippen LogP contribution in [0.4, 0.5) is 0 Å². The summed E-state index contributed by atoms with van der Waals surface area (Å²) >= 11 is 0. The molecule has 0 aliphatic carbocycles. The second-order valence-corrected chi connectivity index (χ2v) is 3.56. The van der Waals surface area contributed by atoms with Crippen LogP contribution in [0.1, 0.15) is 0 Å². The van der Waals surface area contributed by atoms with Gasteiger partial charge in [-0.25, -0.2) is 9.97 Å². The van der Waals surface area contributed by atoms with Gasteiger partial charge in [-0.15, -0.1) is 0 Å². The van der Waals surface area contributed by atoms with Crippen LogP contribution in [0.15, 0.2) is 53.5 Å². The molecule has 17 heavy (non-hydrogen) atoms. The molecule has 3 aromatic rings. The van der Waals surface area contributed by atoms with Gasteiger partial charge in [0.05, 0.1) is 11.1 Å². The second kappa shape index (κ2) is 3.83. The number of fused-ring (bicyclic) bond motifs is 1. The van der Waals surface area contributed by atoms with Gasteiger partial charge >= 0.3 is 0 Å². The molecule has 2 aromatic heterocycles. The molecule has 4 heteroatoms. The molecule has 1 radical (unpaired) electrons. The van der Waals surface area contributed by atoms with Gasteiger partial charge in [-0.1, -0.05) is 18.2 Å². The topological polar surface area (TPSA) is 47.8 Å². The minimum Gasteiger partial charge on any atom is -0.268 e. The number of hydrogen-bond acceptors (Lipinski definition) is 3. The molecule has 0 saturated carbocycles. The number of nitrogens with zero attached hydrogens (tertiary/aromatic N) is 3. The van der Waals surface area contributed by atoms with Crippen molar-refractivity contribution in [3.63, 3.8) is 0 Å². The average molecular weight is 222 g/mol. The van der Waals surface area contributed by atoms with Crippen LogP contribution in [0.25, 0.3) is 16.7 Å². The van der Waals surface area contributed by atoms with Crippen LogP contribution < -0.4 is 5.56 Å². The van der Waals surface area contributed by atoms with Crippen molar-refractivity contribution in [2.45, 2.75) is 0 Å². The SMILES string of the molecule is O=c1c2cccnc2n[c]n1-c1ccccc1. The first-order valence-electron chi connectivity index (χ1n) is 5.17. The molecule has 0 atom stereocenters. The molecule has 81 valence electrons. The zero-order valence-corrected chi connectivity index (χ0v) is 8.87. The number of rotatable bonds is 1. The van der Waals surface area contributed by atoms with Crippen molar-refractivity contribution in [3.8, 4) is 5.69 Å². The van der Waals surface area contributed by atoms with Crippen LogP contribution in [0.5, 0.6) is 0 Å². The Morgan fingerprint density at radius 2 is 1.88 bits per heavy atom. The van der Waals surface area contributed by atoms with E-state index in [2.05, 4.69) is 16.3 Å². The minimum atomic E-state index is -0.158. The molecule has 0 saturated heterocycles. The summed E-state index contributed by atoms with van der Waals surface area (Å²) in [6, 6.07) is 12.7. The van der Waals surface area contributed by atoms with Crippen molar-refractivity contribution in [1.82, 2.24) is 14.5 Å². The summed E-state index contributed by atoms with van der Waals surface area (Å²) < 4.78 is 1.39. The minimum absolute atomic E-state index is 0.158. The smallest absolute Gasteiger partial charge is 0.267 e. The molecule has 3 rings (SSSR count). The third-order valence-electron chi connectivity index (χ3n) is 2.49. The van der Waals surface area contributed by atoms with E-state index in [-0.39, 0.29) is 5.56 Å². The van der Waals surface area contributed by atoms with Crippen LogP contribution in [0, 0.1) is 6.33 Å². The van der Waals surface area contributed by atoms with Crippen LogP contribution in [-0.4, -0.2) is 14.5 Å². The van der Waals surface area contributed by atoms with E-state index < -0.39 is 0 Å². The van der Waals surface area contributed by atoms with Crippen LogP contribution in [-0.2, 0) is 0 Å². The fraction of sp³-hybridized carbons (Fsp3) is 0. The lowest BCUT2D eigenvalue weighted by Crippen LogP contribution is -2.19. The molecule has 1 aromatic carbocycles. The molecule has 2 heterocycles. The van der Waals surface area contributed by atoms with Crippen molar-refractivity contribution in [3.05, 3.63) is 65.3 Å². The third kappa shape index (κ3) is 1.59. The summed E-state index contributed by atoms with van der Waals surface area (Å²) in [5.41, 5.74) is 1.01. The maximum absolute atomic E-state index is 12.2. The monoisotopic (exact) mass is 222 g/mol. The highest BCUT2D eigenvalue weighted by Crippen LogP contribution is 2.06. The van der Waals surface area contributed by atoms with E-state index >= 15 is 0 Å². The predicted molar refractivity (Wildman–Crippen MR) is 64.0 cm³/mol. The maximum atomic E-state index is 12.2. The van der Waals surface area contributed by atoms with E-state index in [1.807, 2.05) is 30.3 Å². The van der Waals surface area contributed by atoms with Gasteiger partial charge in [0.2, 0.25) is 0 Å². The third-order valence-corrected chi connectivity index (χ3v) is 2.49. The lowest BCUT2D eigenvalue weighted by atomic mass is 10.3. The van der Waals surface area contributed by atoms with Gasteiger partial charge in [-0.2, -0.15) is 0 Å². The molecule has 4 nitrogen and oxygen atoms in total. The van der Waals surface area contributed by atoms with E-state index in [0.717, 1.165) is 5.69 Å². The Balaban J connectivity index is 2.33. The fourth-order valence-electron chi connectivity index (χ4n) is 1.67. The summed E-state index contributed by atoms with van der Waals surface area (Å²) in [6.07, 6.45) is 4.29. The first-order valence-corrected chi connectivity index (χ1v) is 5.17. The molecule has 0 unspecified atom stereocenters. The zero-order valence-electron chi connectivity index (χ0n) is 8.87. The first-order chi connectivity index (χ1) is 8.36. The standard InChI is InChI=1S/C13H8N3O/c17-13-11-7-4-8-14-12(11)15-9-16(13)10-5-2-1-3-6-10/h1-8H. The van der Waals surface area contributed by atoms with E-state index in [0.29, 0.717) is 11.0 Å². The number of hydrogen-bond donors (Lipinski definition) is 0. The van der Waals surface area contributed by atoms with E-state index in [4.69, 9.17) is 0 Å². The Hall–Kier alpha value is -2.49. The molecule has 0 fully saturated rings. The maximum Gasteiger partial charge on any atom is 0.267 e. The molecule has 0 aliphatic rings. The Kier molecular flexibility index (Phi) is 2.19. The van der Waals surface area contributed by atoms with Gasteiger partial charge < -0.3 is 0 Å². The summed E-state index contributed by atoms with van der Waals surface area (Å²) in [7, 11) is 0. The largest absolute Gasteiger partial charge is 0.268 e. The van der Waals surface area contributed by atoms with Gasteiger partial charge in [0, 0.05) is 6.20 Å². The molecule has 0 spiro atoms. The van der Waals surface area contributed by atoms with Crippen molar-refractivity contribution >= 4 is 11.0 Å². The highest BCUT2D eigenvalue weighted by Gasteiger charge is 2.05. The highest BCUT2D eigenvalue weighted by molar-refractivity contribution is 5.72. The van der Waals surface area contributed by atoms with Crippen LogP contribution in [0.3, 0.4) is 0 Å². The normalized spacial score (nSPS) is 10.6. The highest BCUT2D eigenvalue weighted by atomic mass is 16.1. The Morgan fingerprint density at radius 1 is 1.06 bits per heavy atom. The number of para-hydroxylation sites is 1. The van der Waals surface area contributed by atoms with Crippen LogP contribution in [0.2, 0.25) is 0 Å². The van der Waals surface area contributed by atoms with Gasteiger partial charge in [0.1, 0.15) is 0 Å². The molecule has 0 amide bonds. The summed E-state index contributed by atoms with van der Waals surface area (Å²) in [5.74, 6) is 0. The van der Waals surface area contributed by atoms with Crippen molar-refractivity contribution in [2.24, 2.45) is 0 Å². The van der Waals surface area contributed by atoms with Gasteiger partial charge in [0.25, 0.3) is 5.56 Å².